The number of aromatic amines is 1. The van der Waals surface area contributed by atoms with Crippen LogP contribution in [-0.4, -0.2) is 14.5 Å². The molecule has 1 aromatic carbocycles. The van der Waals surface area contributed by atoms with Crippen LogP contribution in [0.4, 0.5) is 0 Å². The van der Waals surface area contributed by atoms with Crippen LogP contribution in [0.1, 0.15) is 44.9 Å². The molecule has 22 heavy (non-hydrogen) atoms. The average molecular weight is 295 g/mol. The van der Waals surface area contributed by atoms with Crippen LogP contribution in [0.3, 0.4) is 0 Å². The summed E-state index contributed by atoms with van der Waals surface area (Å²) in [7, 11) is 0. The third kappa shape index (κ3) is 3.24. The highest BCUT2D eigenvalue weighted by Crippen LogP contribution is 2.26. The Morgan fingerprint density at radius 2 is 2.05 bits per heavy atom. The van der Waals surface area contributed by atoms with Gasteiger partial charge in [0.25, 0.3) is 0 Å². The Morgan fingerprint density at radius 3 is 2.82 bits per heavy atom. The van der Waals surface area contributed by atoms with E-state index in [0.29, 0.717) is 5.92 Å². The number of fused-ring (bicyclic) bond motifs is 1. The minimum absolute atomic E-state index is 0.444. The molecule has 2 unspecified atom stereocenters. The van der Waals surface area contributed by atoms with Gasteiger partial charge in [0.15, 0.2) is 0 Å². The van der Waals surface area contributed by atoms with E-state index < -0.39 is 0 Å². The van der Waals surface area contributed by atoms with Crippen LogP contribution < -0.4 is 0 Å². The fourth-order valence-corrected chi connectivity index (χ4v) is 3.04. The quantitative estimate of drug-likeness (QED) is 0.655. The van der Waals surface area contributed by atoms with E-state index in [-0.39, 0.29) is 0 Å². The Bertz CT molecular complexity index is 696. The summed E-state index contributed by atoms with van der Waals surface area (Å²) in [5.41, 5.74) is 1.31. The third-order valence-corrected chi connectivity index (χ3v) is 4.71. The molecule has 116 valence electrons. The summed E-state index contributed by atoms with van der Waals surface area (Å²) in [5, 5.41) is 1.31. The lowest BCUT2D eigenvalue weighted by molar-refractivity contribution is 0.426. The van der Waals surface area contributed by atoms with Gasteiger partial charge in [-0.2, -0.15) is 0 Å². The number of rotatable bonds is 7. The number of para-hydroxylation sites is 1. The third-order valence-electron chi connectivity index (χ3n) is 4.71. The zero-order valence-electron chi connectivity index (χ0n) is 13.5. The van der Waals surface area contributed by atoms with Gasteiger partial charge in [0.2, 0.25) is 0 Å². The highest BCUT2D eigenvalue weighted by molar-refractivity contribution is 5.79. The molecule has 1 N–H and O–H groups in total. The Morgan fingerprint density at radius 1 is 1.18 bits per heavy atom. The fraction of sp³-hybridized carbons (Fsp3) is 0.421. The molecule has 3 heteroatoms. The molecule has 0 amide bonds. The minimum atomic E-state index is 0.444. The van der Waals surface area contributed by atoms with E-state index in [1.807, 2.05) is 12.4 Å². The van der Waals surface area contributed by atoms with E-state index in [1.54, 1.807) is 0 Å². The molecular weight excluding hydrogens is 270 g/mol. The lowest BCUT2D eigenvalue weighted by atomic mass is 9.94. The fourth-order valence-electron chi connectivity index (χ4n) is 3.04. The molecule has 3 nitrogen and oxygen atoms in total. The zero-order chi connectivity index (χ0) is 15.4. The van der Waals surface area contributed by atoms with E-state index >= 15 is 0 Å². The lowest BCUT2D eigenvalue weighted by Gasteiger charge is -2.18. The summed E-state index contributed by atoms with van der Waals surface area (Å²) in [6.07, 6.45) is 9.66. The number of H-pyrrole nitrogens is 1. The topological polar surface area (TPSA) is 33.6 Å². The number of hydrogen-bond acceptors (Lipinski definition) is 1. The standard InChI is InChI=1S/C19H25N3/c1-3-15(2)8-9-17(19-20-11-12-21-19)14-22-13-10-16-6-4-5-7-18(16)22/h4-7,10-13,15,17H,3,8-9,14H2,1-2H3,(H,20,21). The molecule has 0 aliphatic carbocycles. The van der Waals surface area contributed by atoms with Crippen molar-refractivity contribution in [3.63, 3.8) is 0 Å². The van der Waals surface area contributed by atoms with Crippen molar-refractivity contribution >= 4 is 10.9 Å². The smallest absolute Gasteiger partial charge is 0.110 e. The highest BCUT2D eigenvalue weighted by Gasteiger charge is 2.16. The van der Waals surface area contributed by atoms with Crippen molar-refractivity contribution in [1.82, 2.24) is 14.5 Å². The molecule has 3 rings (SSSR count). The molecule has 0 aliphatic rings. The predicted molar refractivity (Wildman–Crippen MR) is 92.0 cm³/mol. The van der Waals surface area contributed by atoms with Crippen LogP contribution in [0.15, 0.2) is 48.9 Å². The van der Waals surface area contributed by atoms with E-state index in [9.17, 15) is 0 Å². The maximum Gasteiger partial charge on any atom is 0.110 e. The first-order valence-corrected chi connectivity index (χ1v) is 8.31. The second-order valence-electron chi connectivity index (χ2n) is 6.29. The molecule has 0 radical (unpaired) electrons. The molecule has 0 saturated heterocycles. The molecule has 0 saturated carbocycles. The summed E-state index contributed by atoms with van der Waals surface area (Å²) in [6, 6.07) is 10.8. The van der Waals surface area contributed by atoms with Crippen molar-refractivity contribution in [3.05, 3.63) is 54.7 Å². The minimum Gasteiger partial charge on any atom is -0.348 e. The molecule has 0 bridgehead atoms. The highest BCUT2D eigenvalue weighted by atomic mass is 15.0. The summed E-state index contributed by atoms with van der Waals surface area (Å²) >= 11 is 0. The van der Waals surface area contributed by atoms with Crippen molar-refractivity contribution in [2.75, 3.05) is 0 Å². The van der Waals surface area contributed by atoms with Crippen LogP contribution in [-0.2, 0) is 6.54 Å². The van der Waals surface area contributed by atoms with Gasteiger partial charge in [-0.1, -0.05) is 38.5 Å². The summed E-state index contributed by atoms with van der Waals surface area (Å²) in [4.78, 5) is 7.83. The maximum absolute atomic E-state index is 4.51. The van der Waals surface area contributed by atoms with Crippen molar-refractivity contribution in [3.8, 4) is 0 Å². The first-order chi connectivity index (χ1) is 10.8. The van der Waals surface area contributed by atoms with Gasteiger partial charge in [0, 0.05) is 36.6 Å². The van der Waals surface area contributed by atoms with Gasteiger partial charge in [0.1, 0.15) is 5.82 Å². The lowest BCUT2D eigenvalue weighted by Crippen LogP contribution is -2.11. The number of aromatic nitrogens is 3. The second-order valence-corrected chi connectivity index (χ2v) is 6.29. The van der Waals surface area contributed by atoms with Crippen LogP contribution in [0.2, 0.25) is 0 Å². The second kappa shape index (κ2) is 6.82. The summed E-state index contributed by atoms with van der Waals surface area (Å²) < 4.78 is 2.36. The summed E-state index contributed by atoms with van der Waals surface area (Å²) in [6.45, 7) is 5.59. The number of nitrogens with one attached hydrogen (secondary N) is 1. The van der Waals surface area contributed by atoms with Gasteiger partial charge in [-0.25, -0.2) is 4.98 Å². The normalized spacial score (nSPS) is 14.3. The van der Waals surface area contributed by atoms with Crippen LogP contribution >= 0.6 is 0 Å². The van der Waals surface area contributed by atoms with E-state index in [2.05, 4.69) is 64.9 Å². The molecule has 0 spiro atoms. The number of imidazole rings is 1. The SMILES string of the molecule is CCC(C)CCC(Cn1ccc2ccccc21)c1ncc[nH]1. The first-order valence-electron chi connectivity index (χ1n) is 8.31. The van der Waals surface area contributed by atoms with Crippen molar-refractivity contribution in [2.24, 2.45) is 5.92 Å². The van der Waals surface area contributed by atoms with Crippen LogP contribution in [0, 0.1) is 5.92 Å². The Labute approximate surface area is 132 Å². The van der Waals surface area contributed by atoms with Gasteiger partial charge in [-0.15, -0.1) is 0 Å². The first kappa shape index (κ1) is 14.9. The van der Waals surface area contributed by atoms with Gasteiger partial charge in [-0.05, 0) is 36.3 Å². The predicted octanol–water partition coefficient (Wildman–Crippen LogP) is 4.97. The van der Waals surface area contributed by atoms with Crippen LogP contribution in [0.25, 0.3) is 10.9 Å². The zero-order valence-corrected chi connectivity index (χ0v) is 13.5. The number of nitrogens with zero attached hydrogens (tertiary/aromatic N) is 2. The average Bonchev–Trinajstić information content (AvgIpc) is 3.21. The van der Waals surface area contributed by atoms with Crippen molar-refractivity contribution < 1.29 is 0 Å². The monoisotopic (exact) mass is 295 g/mol. The Hall–Kier alpha value is -2.03. The van der Waals surface area contributed by atoms with Gasteiger partial charge >= 0.3 is 0 Å². The van der Waals surface area contributed by atoms with Crippen molar-refractivity contribution in [1.29, 1.82) is 0 Å². The van der Waals surface area contributed by atoms with Gasteiger partial charge in [-0.3, -0.25) is 0 Å². The molecule has 0 aliphatic heterocycles. The molecule has 2 aromatic heterocycles. The maximum atomic E-state index is 4.51. The van der Waals surface area contributed by atoms with Crippen LogP contribution in [0.5, 0.6) is 0 Å². The van der Waals surface area contributed by atoms with E-state index in [4.69, 9.17) is 0 Å². The van der Waals surface area contributed by atoms with E-state index in [1.165, 1.54) is 30.2 Å². The van der Waals surface area contributed by atoms with E-state index in [0.717, 1.165) is 18.3 Å². The molecule has 3 aromatic rings. The molecule has 2 atom stereocenters. The summed E-state index contributed by atoms with van der Waals surface area (Å²) in [5.74, 6) is 2.33. The molecule has 2 heterocycles. The molecule has 0 fully saturated rings. The Balaban J connectivity index is 1.80. The molecular formula is C19H25N3. The largest absolute Gasteiger partial charge is 0.348 e. The Kier molecular flexibility index (Phi) is 4.62. The number of benzene rings is 1. The number of hydrogen-bond donors (Lipinski definition) is 1. The van der Waals surface area contributed by atoms with Crippen molar-refractivity contribution in [2.45, 2.75) is 45.6 Å². The van der Waals surface area contributed by atoms with Gasteiger partial charge in [0.05, 0.1) is 0 Å². The van der Waals surface area contributed by atoms with Gasteiger partial charge < -0.3 is 9.55 Å².